The van der Waals surface area contributed by atoms with E-state index in [1.54, 1.807) is 30.3 Å². The smallest absolute Gasteiger partial charge is 0.232 e. The third kappa shape index (κ3) is 2.21. The molecule has 22 heavy (non-hydrogen) atoms. The zero-order chi connectivity index (χ0) is 15.9. The van der Waals surface area contributed by atoms with Crippen molar-refractivity contribution >= 4 is 27.3 Å². The molecule has 112 valence electrons. The van der Waals surface area contributed by atoms with Gasteiger partial charge in [0.1, 0.15) is 0 Å². The second kappa shape index (κ2) is 5.06. The fraction of sp³-hybridized carbons (Fsp3) is 0.125. The van der Waals surface area contributed by atoms with Gasteiger partial charge in [0.25, 0.3) is 0 Å². The topological polar surface area (TPSA) is 80.3 Å². The van der Waals surface area contributed by atoms with E-state index < -0.39 is 10.0 Å². The Morgan fingerprint density at radius 2 is 1.45 bits per heavy atom. The van der Waals surface area contributed by atoms with E-state index in [2.05, 4.69) is 4.72 Å². The molecule has 1 N–H and O–H groups in total. The number of hydrogen-bond acceptors (Lipinski definition) is 4. The number of rotatable bonds is 3. The highest BCUT2D eigenvalue weighted by Gasteiger charge is 2.31. The lowest BCUT2D eigenvalue weighted by molar-refractivity contribution is 0.0979. The van der Waals surface area contributed by atoms with Crippen molar-refractivity contribution in [3.05, 3.63) is 64.7 Å². The number of nitrogens with one attached hydrogen (secondary N) is 1. The highest BCUT2D eigenvalue weighted by molar-refractivity contribution is 7.92. The first-order chi connectivity index (χ1) is 10.4. The fourth-order valence-electron chi connectivity index (χ4n) is 2.47. The Morgan fingerprint density at radius 1 is 0.864 bits per heavy atom. The normalized spacial score (nSPS) is 13.5. The van der Waals surface area contributed by atoms with Crippen molar-refractivity contribution in [2.24, 2.45) is 0 Å². The maximum absolute atomic E-state index is 12.7. The van der Waals surface area contributed by atoms with Crippen molar-refractivity contribution in [3.63, 3.8) is 0 Å². The van der Waals surface area contributed by atoms with Gasteiger partial charge in [0.15, 0.2) is 11.6 Å². The SMILES string of the molecule is CCS(=O)(=O)Nc1cccc2c1C(=O)c1ccccc1C2=O. The van der Waals surface area contributed by atoms with Crippen molar-refractivity contribution < 1.29 is 18.0 Å². The second-order valence-electron chi connectivity index (χ2n) is 4.94. The van der Waals surface area contributed by atoms with E-state index in [0.29, 0.717) is 11.1 Å². The molecule has 0 radical (unpaired) electrons. The first-order valence-corrected chi connectivity index (χ1v) is 8.42. The molecule has 0 spiro atoms. The van der Waals surface area contributed by atoms with E-state index in [9.17, 15) is 18.0 Å². The quantitative estimate of drug-likeness (QED) is 0.803. The van der Waals surface area contributed by atoms with Crippen LogP contribution in [0.5, 0.6) is 0 Å². The number of sulfonamides is 1. The van der Waals surface area contributed by atoms with E-state index in [1.165, 1.54) is 19.1 Å². The number of benzene rings is 2. The van der Waals surface area contributed by atoms with Gasteiger partial charge in [-0.1, -0.05) is 36.4 Å². The van der Waals surface area contributed by atoms with Crippen molar-refractivity contribution in [3.8, 4) is 0 Å². The molecule has 0 amide bonds. The summed E-state index contributed by atoms with van der Waals surface area (Å²) in [6.07, 6.45) is 0. The van der Waals surface area contributed by atoms with Gasteiger partial charge in [0.05, 0.1) is 17.0 Å². The first-order valence-electron chi connectivity index (χ1n) is 6.76. The molecule has 0 fully saturated rings. The third-order valence-corrected chi connectivity index (χ3v) is 4.89. The molecule has 1 aliphatic carbocycles. The van der Waals surface area contributed by atoms with Crippen LogP contribution in [0, 0.1) is 0 Å². The summed E-state index contributed by atoms with van der Waals surface area (Å²) in [7, 11) is -3.54. The van der Waals surface area contributed by atoms with Gasteiger partial charge >= 0.3 is 0 Å². The van der Waals surface area contributed by atoms with Crippen LogP contribution in [0.15, 0.2) is 42.5 Å². The number of hydrogen-bond donors (Lipinski definition) is 1. The number of carbonyl (C=O) groups is 2. The molecule has 0 saturated carbocycles. The lowest BCUT2D eigenvalue weighted by Crippen LogP contribution is -2.24. The van der Waals surface area contributed by atoms with Gasteiger partial charge in [-0.15, -0.1) is 0 Å². The van der Waals surface area contributed by atoms with E-state index in [1.807, 2.05) is 0 Å². The zero-order valence-electron chi connectivity index (χ0n) is 11.8. The molecule has 0 heterocycles. The predicted molar refractivity (Wildman–Crippen MR) is 82.8 cm³/mol. The maximum atomic E-state index is 12.7. The summed E-state index contributed by atoms with van der Waals surface area (Å²) < 4.78 is 25.9. The van der Waals surface area contributed by atoms with Crippen molar-refractivity contribution in [1.82, 2.24) is 0 Å². The Balaban J connectivity index is 2.21. The molecular weight excluding hydrogens is 302 g/mol. The molecule has 1 aliphatic rings. The molecule has 2 aromatic carbocycles. The van der Waals surface area contributed by atoms with Gasteiger partial charge in [0.2, 0.25) is 10.0 Å². The minimum atomic E-state index is -3.54. The summed E-state index contributed by atoms with van der Waals surface area (Å²) in [6.45, 7) is 1.50. The summed E-state index contributed by atoms with van der Waals surface area (Å²) in [4.78, 5) is 25.2. The summed E-state index contributed by atoms with van der Waals surface area (Å²) in [5.74, 6) is -0.739. The van der Waals surface area contributed by atoms with E-state index >= 15 is 0 Å². The summed E-state index contributed by atoms with van der Waals surface area (Å²) in [5.41, 5.74) is 1.12. The largest absolute Gasteiger partial charge is 0.289 e. The molecule has 6 heteroatoms. The first kappa shape index (κ1) is 14.5. The number of ketones is 2. The van der Waals surface area contributed by atoms with Crippen molar-refractivity contribution in [2.45, 2.75) is 6.92 Å². The summed E-state index contributed by atoms with van der Waals surface area (Å²) in [6, 6.07) is 11.1. The van der Waals surface area contributed by atoms with Gasteiger partial charge in [-0.3, -0.25) is 14.3 Å². The van der Waals surface area contributed by atoms with Crippen LogP contribution in [-0.2, 0) is 10.0 Å². The van der Waals surface area contributed by atoms with Crippen molar-refractivity contribution in [2.75, 3.05) is 10.5 Å². The molecule has 0 atom stereocenters. The molecule has 3 rings (SSSR count). The zero-order valence-corrected chi connectivity index (χ0v) is 12.6. The summed E-state index contributed by atoms with van der Waals surface area (Å²) >= 11 is 0. The molecular formula is C16H13NO4S. The Labute approximate surface area is 128 Å². The molecule has 5 nitrogen and oxygen atoms in total. The van der Waals surface area contributed by atoms with Gasteiger partial charge < -0.3 is 0 Å². The van der Waals surface area contributed by atoms with Crippen molar-refractivity contribution in [1.29, 1.82) is 0 Å². The van der Waals surface area contributed by atoms with Gasteiger partial charge in [-0.05, 0) is 13.0 Å². The highest BCUT2D eigenvalue weighted by Crippen LogP contribution is 2.32. The Hall–Kier alpha value is -2.47. The van der Waals surface area contributed by atoms with Crippen LogP contribution in [0.4, 0.5) is 5.69 Å². The number of fused-ring (bicyclic) bond motifs is 2. The van der Waals surface area contributed by atoms with Gasteiger partial charge in [-0.2, -0.15) is 0 Å². The highest BCUT2D eigenvalue weighted by atomic mass is 32.2. The molecule has 0 bridgehead atoms. The van der Waals surface area contributed by atoms with E-state index in [4.69, 9.17) is 0 Å². The van der Waals surface area contributed by atoms with Crippen LogP contribution in [-0.4, -0.2) is 25.7 Å². The maximum Gasteiger partial charge on any atom is 0.232 e. The van der Waals surface area contributed by atoms with Crippen LogP contribution >= 0.6 is 0 Å². The van der Waals surface area contributed by atoms with E-state index in [0.717, 1.165) is 0 Å². The minimum Gasteiger partial charge on any atom is -0.289 e. The average Bonchev–Trinajstić information content (AvgIpc) is 2.52. The minimum absolute atomic E-state index is 0.114. The van der Waals surface area contributed by atoms with Gasteiger partial charge in [-0.25, -0.2) is 8.42 Å². The predicted octanol–water partition coefficient (Wildman–Crippen LogP) is 2.22. The average molecular weight is 315 g/mol. The van der Waals surface area contributed by atoms with Crippen LogP contribution in [0.25, 0.3) is 0 Å². The van der Waals surface area contributed by atoms with E-state index in [-0.39, 0.29) is 34.1 Å². The lowest BCUT2D eigenvalue weighted by atomic mass is 9.83. The van der Waals surface area contributed by atoms with Crippen LogP contribution < -0.4 is 4.72 Å². The Morgan fingerprint density at radius 3 is 2.09 bits per heavy atom. The number of anilines is 1. The summed E-state index contributed by atoms with van der Waals surface area (Å²) in [5, 5.41) is 0. The molecule has 2 aromatic rings. The monoisotopic (exact) mass is 315 g/mol. The Kier molecular flexibility index (Phi) is 3.33. The number of carbonyl (C=O) groups excluding carboxylic acids is 2. The molecule has 0 aromatic heterocycles. The standard InChI is InChI=1S/C16H13NO4S/c1-2-22(20,21)17-13-9-5-8-12-14(13)16(19)11-7-4-3-6-10(11)15(12)18/h3-9,17H,2H2,1H3. The molecule has 0 aliphatic heterocycles. The fourth-order valence-corrected chi connectivity index (χ4v) is 3.12. The lowest BCUT2D eigenvalue weighted by Gasteiger charge is -2.20. The van der Waals surface area contributed by atoms with Crippen LogP contribution in [0.1, 0.15) is 38.8 Å². The second-order valence-corrected chi connectivity index (χ2v) is 6.95. The molecule has 0 unspecified atom stereocenters. The van der Waals surface area contributed by atoms with Gasteiger partial charge in [0, 0.05) is 16.7 Å². The molecule has 0 saturated heterocycles. The van der Waals surface area contributed by atoms with Crippen LogP contribution in [0.2, 0.25) is 0 Å². The third-order valence-electron chi connectivity index (χ3n) is 3.60. The van der Waals surface area contributed by atoms with Crippen LogP contribution in [0.3, 0.4) is 0 Å². The Bertz CT molecular complexity index is 900.